The molecule has 0 spiro atoms. The number of rotatable bonds is 1. The zero-order valence-corrected chi connectivity index (χ0v) is 9.22. The Balaban J connectivity index is 1.97. The van der Waals surface area contributed by atoms with Crippen molar-refractivity contribution in [3.63, 3.8) is 0 Å². The summed E-state index contributed by atoms with van der Waals surface area (Å²) in [7, 11) is 0. The van der Waals surface area contributed by atoms with Crippen LogP contribution in [0.3, 0.4) is 0 Å². The topological polar surface area (TPSA) is 17.1 Å². The zero-order valence-electron chi connectivity index (χ0n) is 8.47. The molecule has 4 aliphatic carbocycles. The fourth-order valence-corrected chi connectivity index (χ4v) is 4.66. The summed E-state index contributed by atoms with van der Waals surface area (Å²) < 4.78 is 0. The molecule has 14 heavy (non-hydrogen) atoms. The Bertz CT molecular complexity index is 257. The summed E-state index contributed by atoms with van der Waals surface area (Å²) in [4.78, 5) is 11.6. The fraction of sp³-hybridized carbons (Fsp3) is 0.917. The summed E-state index contributed by atoms with van der Waals surface area (Å²) in [6, 6.07) is 0. The number of carbonyl (C=O) groups is 1. The van der Waals surface area contributed by atoms with Gasteiger partial charge >= 0.3 is 0 Å². The average molecular weight is 213 g/mol. The number of carbonyl (C=O) groups excluding carboxylic acids is 1. The Kier molecular flexibility index (Phi) is 1.96. The van der Waals surface area contributed by atoms with Crippen molar-refractivity contribution in [2.45, 2.75) is 44.9 Å². The Morgan fingerprint density at radius 2 is 1.50 bits per heavy atom. The summed E-state index contributed by atoms with van der Waals surface area (Å²) in [6.07, 6.45) is 8.76. The van der Waals surface area contributed by atoms with Gasteiger partial charge in [0.15, 0.2) is 0 Å². The van der Waals surface area contributed by atoms with Gasteiger partial charge in [-0.2, -0.15) is 0 Å². The molecule has 0 amide bonds. The molecule has 0 heterocycles. The molecule has 4 bridgehead atoms. The second-order valence-corrected chi connectivity index (χ2v) is 6.16. The van der Waals surface area contributed by atoms with Crippen LogP contribution in [0.1, 0.15) is 44.9 Å². The van der Waals surface area contributed by atoms with Crippen LogP contribution >= 0.6 is 11.6 Å². The highest BCUT2D eigenvalue weighted by molar-refractivity contribution is 6.64. The number of halogens is 1. The Hall–Kier alpha value is -0.0400. The predicted molar refractivity (Wildman–Crippen MR) is 56.1 cm³/mol. The molecule has 4 saturated carbocycles. The van der Waals surface area contributed by atoms with Crippen molar-refractivity contribution in [3.8, 4) is 0 Å². The standard InChI is InChI=1S/C12H17ClO/c13-11(14)12-5-8-1-2-9(6-12)4-10(3-8)7-12/h8-10H,1-7H2. The molecule has 4 fully saturated rings. The maximum absolute atomic E-state index is 11.6. The second-order valence-electron chi connectivity index (χ2n) is 5.81. The van der Waals surface area contributed by atoms with Crippen molar-refractivity contribution in [1.29, 1.82) is 0 Å². The molecule has 0 N–H and O–H groups in total. The largest absolute Gasteiger partial charge is 0.281 e. The van der Waals surface area contributed by atoms with E-state index in [9.17, 15) is 4.79 Å². The molecule has 0 saturated heterocycles. The van der Waals surface area contributed by atoms with Crippen LogP contribution in [0.2, 0.25) is 0 Å². The highest BCUT2D eigenvalue weighted by Gasteiger charge is 2.51. The van der Waals surface area contributed by atoms with Crippen LogP contribution in [0.25, 0.3) is 0 Å². The van der Waals surface area contributed by atoms with Crippen LogP contribution in [-0.4, -0.2) is 5.24 Å². The molecule has 4 aliphatic rings. The van der Waals surface area contributed by atoms with E-state index < -0.39 is 0 Å². The Labute approximate surface area is 90.2 Å². The Morgan fingerprint density at radius 3 is 2.00 bits per heavy atom. The minimum Gasteiger partial charge on any atom is -0.281 e. The second kappa shape index (κ2) is 2.98. The molecule has 0 radical (unpaired) electrons. The fourth-order valence-electron chi connectivity index (χ4n) is 4.43. The molecule has 0 aromatic heterocycles. The molecule has 0 aromatic rings. The predicted octanol–water partition coefficient (Wildman–Crippen LogP) is 3.36. The van der Waals surface area contributed by atoms with E-state index in [1.807, 2.05) is 0 Å². The zero-order chi connectivity index (χ0) is 9.76. The molecule has 2 heteroatoms. The van der Waals surface area contributed by atoms with E-state index in [0.29, 0.717) is 0 Å². The van der Waals surface area contributed by atoms with Gasteiger partial charge in [0.1, 0.15) is 0 Å². The van der Waals surface area contributed by atoms with E-state index in [1.165, 1.54) is 25.7 Å². The van der Waals surface area contributed by atoms with Crippen molar-refractivity contribution >= 4 is 16.8 Å². The lowest BCUT2D eigenvalue weighted by atomic mass is 9.59. The third-order valence-electron chi connectivity index (χ3n) is 4.77. The number of fused-ring (bicyclic) bond motifs is 1. The maximum atomic E-state index is 11.6. The molecule has 0 aromatic carbocycles. The molecule has 0 aliphatic heterocycles. The summed E-state index contributed by atoms with van der Waals surface area (Å²) in [5.41, 5.74) is -0.0887. The van der Waals surface area contributed by atoms with Gasteiger partial charge in [-0.3, -0.25) is 4.79 Å². The van der Waals surface area contributed by atoms with Crippen LogP contribution in [-0.2, 0) is 4.79 Å². The van der Waals surface area contributed by atoms with Crippen molar-refractivity contribution < 1.29 is 4.79 Å². The lowest BCUT2D eigenvalue weighted by molar-refractivity contribution is -0.127. The highest BCUT2D eigenvalue weighted by atomic mass is 35.5. The van der Waals surface area contributed by atoms with E-state index in [2.05, 4.69) is 0 Å². The van der Waals surface area contributed by atoms with Crippen LogP contribution in [0.5, 0.6) is 0 Å². The van der Waals surface area contributed by atoms with Gasteiger partial charge in [0.25, 0.3) is 0 Å². The van der Waals surface area contributed by atoms with Gasteiger partial charge in [0, 0.05) is 5.41 Å². The summed E-state index contributed by atoms with van der Waals surface area (Å²) in [5.74, 6) is 2.44. The summed E-state index contributed by atoms with van der Waals surface area (Å²) in [6.45, 7) is 0. The summed E-state index contributed by atoms with van der Waals surface area (Å²) >= 11 is 5.83. The first kappa shape index (κ1) is 9.21. The molecule has 2 atom stereocenters. The average Bonchev–Trinajstić information content (AvgIpc) is 2.32. The Morgan fingerprint density at radius 1 is 1.00 bits per heavy atom. The minimum absolute atomic E-state index is 0.0289. The minimum atomic E-state index is -0.0887. The molecule has 2 unspecified atom stereocenters. The van der Waals surface area contributed by atoms with E-state index >= 15 is 0 Å². The first-order chi connectivity index (χ1) is 6.68. The van der Waals surface area contributed by atoms with E-state index in [-0.39, 0.29) is 10.7 Å². The van der Waals surface area contributed by atoms with Crippen LogP contribution in [0.15, 0.2) is 0 Å². The molecule has 78 valence electrons. The SMILES string of the molecule is O=C(Cl)C12CC3CCC(CC(C3)C1)C2. The highest BCUT2D eigenvalue weighted by Crippen LogP contribution is 2.58. The van der Waals surface area contributed by atoms with E-state index in [1.54, 1.807) is 0 Å². The third kappa shape index (κ3) is 1.25. The van der Waals surface area contributed by atoms with Gasteiger partial charge in [-0.15, -0.1) is 0 Å². The smallest absolute Gasteiger partial charge is 0.227 e. The quantitative estimate of drug-likeness (QED) is 0.610. The van der Waals surface area contributed by atoms with Crippen LogP contribution in [0.4, 0.5) is 0 Å². The van der Waals surface area contributed by atoms with Crippen molar-refractivity contribution in [2.24, 2.45) is 23.2 Å². The first-order valence-electron chi connectivity index (χ1n) is 5.88. The van der Waals surface area contributed by atoms with Gasteiger partial charge in [-0.1, -0.05) is 12.8 Å². The van der Waals surface area contributed by atoms with Gasteiger partial charge in [0.05, 0.1) is 0 Å². The van der Waals surface area contributed by atoms with Crippen molar-refractivity contribution in [2.75, 3.05) is 0 Å². The maximum Gasteiger partial charge on any atom is 0.227 e. The molecule has 4 rings (SSSR count). The normalized spacial score (nSPS) is 50.5. The van der Waals surface area contributed by atoms with Crippen molar-refractivity contribution in [1.82, 2.24) is 0 Å². The summed E-state index contributed by atoms with van der Waals surface area (Å²) in [5, 5.41) is -0.0289. The van der Waals surface area contributed by atoms with Gasteiger partial charge < -0.3 is 0 Å². The molecular formula is C12H17ClO. The number of hydrogen-bond donors (Lipinski definition) is 0. The van der Waals surface area contributed by atoms with Crippen molar-refractivity contribution in [3.05, 3.63) is 0 Å². The van der Waals surface area contributed by atoms with E-state index in [4.69, 9.17) is 11.6 Å². The molecule has 1 nitrogen and oxygen atoms in total. The van der Waals surface area contributed by atoms with Crippen LogP contribution < -0.4 is 0 Å². The van der Waals surface area contributed by atoms with Gasteiger partial charge in [-0.25, -0.2) is 0 Å². The lowest BCUT2D eigenvalue weighted by Crippen LogP contribution is -2.41. The lowest BCUT2D eigenvalue weighted by Gasteiger charge is -2.45. The van der Waals surface area contributed by atoms with Gasteiger partial charge in [-0.05, 0) is 61.5 Å². The van der Waals surface area contributed by atoms with Gasteiger partial charge in [0.2, 0.25) is 5.24 Å². The third-order valence-corrected chi connectivity index (χ3v) is 5.17. The number of hydrogen-bond acceptors (Lipinski definition) is 1. The first-order valence-corrected chi connectivity index (χ1v) is 6.26. The molecular weight excluding hydrogens is 196 g/mol. The van der Waals surface area contributed by atoms with E-state index in [0.717, 1.165) is 37.0 Å². The monoisotopic (exact) mass is 212 g/mol. The van der Waals surface area contributed by atoms with Crippen LogP contribution in [0, 0.1) is 23.2 Å².